The zero-order valence-corrected chi connectivity index (χ0v) is 10.2. The molecule has 2 heteroatoms. The summed E-state index contributed by atoms with van der Waals surface area (Å²) in [5.74, 6) is 0.882. The highest BCUT2D eigenvalue weighted by atomic mass is 16.5. The Bertz CT molecular complexity index is 520. The summed E-state index contributed by atoms with van der Waals surface area (Å²) in [5.41, 5.74) is 10.3. The molecule has 0 amide bonds. The fraction of sp³-hybridized carbons (Fsp3) is 0.200. The minimum atomic E-state index is 0.544. The molecule has 0 saturated heterocycles. The molecule has 0 fully saturated rings. The molecule has 0 atom stereocenters. The minimum absolute atomic E-state index is 0.544. The van der Waals surface area contributed by atoms with Gasteiger partial charge in [-0.25, -0.2) is 0 Å². The molecule has 0 saturated carbocycles. The predicted molar refractivity (Wildman–Crippen MR) is 71.1 cm³/mol. The number of hydrogen-bond donors (Lipinski definition) is 1. The van der Waals surface area contributed by atoms with Crippen LogP contribution < -0.4 is 10.5 Å². The van der Waals surface area contributed by atoms with Crippen LogP contribution in [0.3, 0.4) is 0 Å². The van der Waals surface area contributed by atoms with Gasteiger partial charge in [-0.05, 0) is 30.2 Å². The van der Waals surface area contributed by atoms with E-state index in [1.807, 2.05) is 12.1 Å². The first-order valence-corrected chi connectivity index (χ1v) is 5.68. The number of benzene rings is 2. The van der Waals surface area contributed by atoms with Crippen molar-refractivity contribution in [2.45, 2.75) is 13.5 Å². The number of hydrogen-bond acceptors (Lipinski definition) is 2. The largest absolute Gasteiger partial charge is 0.496 e. The van der Waals surface area contributed by atoms with E-state index in [2.05, 4.69) is 37.3 Å². The predicted octanol–water partition coefficient (Wildman–Crippen LogP) is 3.13. The van der Waals surface area contributed by atoms with Gasteiger partial charge in [0.15, 0.2) is 0 Å². The van der Waals surface area contributed by atoms with E-state index in [0.717, 1.165) is 22.4 Å². The molecule has 0 aromatic heterocycles. The maximum atomic E-state index is 5.68. The second kappa shape index (κ2) is 5.02. The lowest BCUT2D eigenvalue weighted by atomic mass is 10.0. The first-order chi connectivity index (χ1) is 8.24. The quantitative estimate of drug-likeness (QED) is 0.874. The monoisotopic (exact) mass is 227 g/mol. The molecule has 0 aliphatic rings. The lowest BCUT2D eigenvalue weighted by Gasteiger charge is -2.11. The Morgan fingerprint density at radius 2 is 1.94 bits per heavy atom. The number of aryl methyl sites for hydroxylation is 1. The summed E-state index contributed by atoms with van der Waals surface area (Å²) < 4.78 is 5.40. The van der Waals surface area contributed by atoms with Crippen LogP contribution >= 0.6 is 0 Å². The van der Waals surface area contributed by atoms with Crippen molar-refractivity contribution in [1.82, 2.24) is 0 Å². The van der Waals surface area contributed by atoms with Crippen molar-refractivity contribution < 1.29 is 4.74 Å². The van der Waals surface area contributed by atoms with Gasteiger partial charge in [-0.3, -0.25) is 0 Å². The maximum Gasteiger partial charge on any atom is 0.126 e. The van der Waals surface area contributed by atoms with E-state index in [0.29, 0.717) is 6.54 Å². The normalized spacial score (nSPS) is 10.3. The molecule has 88 valence electrons. The summed E-state index contributed by atoms with van der Waals surface area (Å²) in [7, 11) is 1.69. The Kier molecular flexibility index (Phi) is 3.45. The summed E-state index contributed by atoms with van der Waals surface area (Å²) in [6.07, 6.45) is 0. The van der Waals surface area contributed by atoms with Crippen LogP contribution in [0.15, 0.2) is 42.5 Å². The Hall–Kier alpha value is -1.80. The number of rotatable bonds is 3. The number of nitrogens with two attached hydrogens (primary N) is 1. The zero-order chi connectivity index (χ0) is 12.3. The molecule has 0 radical (unpaired) electrons. The van der Waals surface area contributed by atoms with Gasteiger partial charge < -0.3 is 10.5 Å². The molecule has 17 heavy (non-hydrogen) atoms. The third-order valence-electron chi connectivity index (χ3n) is 2.83. The van der Waals surface area contributed by atoms with Gasteiger partial charge >= 0.3 is 0 Å². The van der Waals surface area contributed by atoms with Crippen molar-refractivity contribution in [2.24, 2.45) is 5.73 Å². The molecule has 0 aliphatic carbocycles. The highest BCUT2D eigenvalue weighted by molar-refractivity contribution is 5.71. The van der Waals surface area contributed by atoms with Crippen LogP contribution in [0.25, 0.3) is 11.1 Å². The third kappa shape index (κ3) is 2.48. The molecule has 2 nitrogen and oxygen atoms in total. The first-order valence-electron chi connectivity index (χ1n) is 5.68. The van der Waals surface area contributed by atoms with Gasteiger partial charge in [-0.1, -0.05) is 35.9 Å². The van der Waals surface area contributed by atoms with E-state index in [4.69, 9.17) is 10.5 Å². The van der Waals surface area contributed by atoms with E-state index in [1.54, 1.807) is 7.11 Å². The van der Waals surface area contributed by atoms with Gasteiger partial charge in [-0.2, -0.15) is 0 Å². The van der Waals surface area contributed by atoms with Crippen LogP contribution in [-0.4, -0.2) is 7.11 Å². The molecule has 0 heterocycles. The molecule has 0 unspecified atom stereocenters. The molecular formula is C15H17NO. The minimum Gasteiger partial charge on any atom is -0.496 e. The average molecular weight is 227 g/mol. The van der Waals surface area contributed by atoms with Crippen LogP contribution in [0.5, 0.6) is 5.75 Å². The van der Waals surface area contributed by atoms with Crippen molar-refractivity contribution in [3.05, 3.63) is 53.6 Å². The molecule has 2 aromatic rings. The number of methoxy groups -OCH3 is 1. The van der Waals surface area contributed by atoms with E-state index in [-0.39, 0.29) is 0 Å². The average Bonchev–Trinajstić information content (AvgIpc) is 2.38. The lowest BCUT2D eigenvalue weighted by Crippen LogP contribution is -1.97. The Labute approximate surface area is 102 Å². The third-order valence-corrected chi connectivity index (χ3v) is 2.83. The van der Waals surface area contributed by atoms with E-state index < -0.39 is 0 Å². The van der Waals surface area contributed by atoms with Crippen molar-refractivity contribution >= 4 is 0 Å². The highest BCUT2D eigenvalue weighted by Crippen LogP contribution is 2.31. The fourth-order valence-corrected chi connectivity index (χ4v) is 1.92. The van der Waals surface area contributed by atoms with Crippen LogP contribution in [0, 0.1) is 6.92 Å². The van der Waals surface area contributed by atoms with E-state index in [9.17, 15) is 0 Å². The van der Waals surface area contributed by atoms with Gasteiger partial charge in [0.1, 0.15) is 5.75 Å². The Morgan fingerprint density at radius 3 is 2.59 bits per heavy atom. The molecule has 2 N–H and O–H groups in total. The Balaban J connectivity index is 2.56. The molecule has 0 spiro atoms. The number of ether oxygens (including phenoxy) is 1. The van der Waals surface area contributed by atoms with Gasteiger partial charge in [0, 0.05) is 12.1 Å². The van der Waals surface area contributed by atoms with Crippen molar-refractivity contribution in [3.63, 3.8) is 0 Å². The van der Waals surface area contributed by atoms with Crippen LogP contribution in [-0.2, 0) is 6.54 Å². The van der Waals surface area contributed by atoms with Crippen molar-refractivity contribution in [2.75, 3.05) is 7.11 Å². The highest BCUT2D eigenvalue weighted by Gasteiger charge is 2.06. The summed E-state index contributed by atoms with van der Waals surface area (Å²) in [6, 6.07) is 14.4. The molecule has 0 bridgehead atoms. The van der Waals surface area contributed by atoms with E-state index >= 15 is 0 Å². The van der Waals surface area contributed by atoms with Crippen molar-refractivity contribution in [1.29, 1.82) is 0 Å². The van der Waals surface area contributed by atoms with Crippen LogP contribution in [0.4, 0.5) is 0 Å². The maximum absolute atomic E-state index is 5.68. The Morgan fingerprint density at radius 1 is 1.12 bits per heavy atom. The van der Waals surface area contributed by atoms with Crippen LogP contribution in [0.2, 0.25) is 0 Å². The smallest absolute Gasteiger partial charge is 0.126 e. The van der Waals surface area contributed by atoms with Crippen molar-refractivity contribution in [3.8, 4) is 16.9 Å². The zero-order valence-electron chi connectivity index (χ0n) is 10.2. The fourth-order valence-electron chi connectivity index (χ4n) is 1.92. The summed E-state index contributed by atoms with van der Waals surface area (Å²) in [5, 5.41) is 0. The summed E-state index contributed by atoms with van der Waals surface area (Å²) >= 11 is 0. The van der Waals surface area contributed by atoms with Gasteiger partial charge in [0.2, 0.25) is 0 Å². The standard InChI is InChI=1S/C15H17NO/c1-11-4-3-5-13(8-11)14-9-12(10-16)6-7-15(14)17-2/h3-9H,10,16H2,1-2H3. The second-order valence-corrected chi connectivity index (χ2v) is 4.11. The molecule has 2 rings (SSSR count). The SMILES string of the molecule is COc1ccc(CN)cc1-c1cccc(C)c1. The summed E-state index contributed by atoms with van der Waals surface area (Å²) in [6.45, 7) is 2.63. The molecule has 0 aliphatic heterocycles. The second-order valence-electron chi connectivity index (χ2n) is 4.11. The molecule has 2 aromatic carbocycles. The van der Waals surface area contributed by atoms with Gasteiger partial charge in [-0.15, -0.1) is 0 Å². The lowest BCUT2D eigenvalue weighted by molar-refractivity contribution is 0.416. The van der Waals surface area contributed by atoms with E-state index in [1.165, 1.54) is 5.56 Å². The van der Waals surface area contributed by atoms with Crippen LogP contribution in [0.1, 0.15) is 11.1 Å². The molecular weight excluding hydrogens is 210 g/mol. The first kappa shape index (κ1) is 11.7. The van der Waals surface area contributed by atoms with Gasteiger partial charge in [0.05, 0.1) is 7.11 Å². The summed E-state index contributed by atoms with van der Waals surface area (Å²) in [4.78, 5) is 0. The topological polar surface area (TPSA) is 35.2 Å². The van der Waals surface area contributed by atoms with Gasteiger partial charge in [0.25, 0.3) is 0 Å².